The number of nitrogens with one attached hydrogen (secondary N) is 2. The molecule has 0 atom stereocenters. The summed E-state index contributed by atoms with van der Waals surface area (Å²) in [7, 11) is 1.66. The van der Waals surface area contributed by atoms with Gasteiger partial charge < -0.3 is 15.4 Å². The summed E-state index contributed by atoms with van der Waals surface area (Å²) >= 11 is 0. The standard InChI is InChI=1S/C17H24N4O/c1-11-7-8-14(22-6)13(9-11)20-15-10-16(19-12(2)18-15)21-17(3,4)5/h7-10H,1-6H3,(H2,18,19,20,21). The van der Waals surface area contributed by atoms with Gasteiger partial charge in [-0.05, 0) is 52.3 Å². The van der Waals surface area contributed by atoms with Crippen molar-refractivity contribution in [3.63, 3.8) is 0 Å². The molecule has 2 rings (SSSR count). The Bertz CT molecular complexity index is 662. The van der Waals surface area contributed by atoms with E-state index in [9.17, 15) is 0 Å². The van der Waals surface area contributed by atoms with Crippen molar-refractivity contribution in [1.82, 2.24) is 9.97 Å². The molecule has 1 aromatic heterocycles. The summed E-state index contributed by atoms with van der Waals surface area (Å²) in [5, 5.41) is 6.68. The lowest BCUT2D eigenvalue weighted by Crippen LogP contribution is -2.27. The summed E-state index contributed by atoms with van der Waals surface area (Å²) in [5.74, 6) is 3.04. The van der Waals surface area contributed by atoms with Gasteiger partial charge in [-0.3, -0.25) is 0 Å². The van der Waals surface area contributed by atoms with E-state index in [1.165, 1.54) is 0 Å². The number of hydrogen-bond acceptors (Lipinski definition) is 5. The van der Waals surface area contributed by atoms with Crippen LogP contribution in [0.15, 0.2) is 24.3 Å². The molecular formula is C17H24N4O. The minimum atomic E-state index is -0.0565. The number of ether oxygens (including phenoxy) is 1. The Morgan fingerprint density at radius 2 is 1.68 bits per heavy atom. The van der Waals surface area contributed by atoms with Crippen LogP contribution < -0.4 is 15.4 Å². The highest BCUT2D eigenvalue weighted by Gasteiger charge is 2.12. The third-order valence-corrected chi connectivity index (χ3v) is 2.96. The topological polar surface area (TPSA) is 59.1 Å². The predicted octanol–water partition coefficient (Wildman–Crippen LogP) is 4.06. The summed E-state index contributed by atoms with van der Waals surface area (Å²) < 4.78 is 5.39. The van der Waals surface area contributed by atoms with Gasteiger partial charge in [0.05, 0.1) is 12.8 Å². The second-order valence-electron chi connectivity index (χ2n) is 6.39. The molecule has 1 heterocycles. The number of benzene rings is 1. The maximum atomic E-state index is 5.39. The fourth-order valence-electron chi connectivity index (χ4n) is 2.14. The largest absolute Gasteiger partial charge is 0.495 e. The van der Waals surface area contributed by atoms with Crippen molar-refractivity contribution in [3.8, 4) is 5.75 Å². The zero-order chi connectivity index (χ0) is 16.3. The first-order valence-corrected chi connectivity index (χ1v) is 7.32. The van der Waals surface area contributed by atoms with Crippen molar-refractivity contribution in [2.45, 2.75) is 40.2 Å². The molecule has 0 saturated heterocycles. The minimum absolute atomic E-state index is 0.0565. The Morgan fingerprint density at radius 3 is 2.32 bits per heavy atom. The van der Waals surface area contributed by atoms with E-state index in [1.54, 1.807) is 7.11 Å². The van der Waals surface area contributed by atoms with Crippen molar-refractivity contribution in [3.05, 3.63) is 35.7 Å². The fourth-order valence-corrected chi connectivity index (χ4v) is 2.14. The molecule has 0 aliphatic carbocycles. The Hall–Kier alpha value is -2.30. The molecule has 118 valence electrons. The quantitative estimate of drug-likeness (QED) is 0.892. The van der Waals surface area contributed by atoms with E-state index in [0.717, 1.165) is 28.6 Å². The number of rotatable bonds is 4. The molecule has 0 bridgehead atoms. The highest BCUT2D eigenvalue weighted by molar-refractivity contribution is 5.66. The van der Waals surface area contributed by atoms with E-state index in [0.29, 0.717) is 5.82 Å². The monoisotopic (exact) mass is 300 g/mol. The van der Waals surface area contributed by atoms with E-state index in [-0.39, 0.29) is 5.54 Å². The van der Waals surface area contributed by atoms with Crippen molar-refractivity contribution in [2.24, 2.45) is 0 Å². The Balaban J connectivity index is 2.32. The summed E-state index contributed by atoms with van der Waals surface area (Å²) in [6.07, 6.45) is 0. The second kappa shape index (κ2) is 6.22. The number of methoxy groups -OCH3 is 1. The van der Waals surface area contributed by atoms with E-state index in [2.05, 4.69) is 41.4 Å². The number of aromatic nitrogens is 2. The maximum Gasteiger partial charge on any atom is 0.142 e. The van der Waals surface area contributed by atoms with Crippen LogP contribution in [0, 0.1) is 13.8 Å². The average molecular weight is 300 g/mol. The Labute approximate surface area is 132 Å². The zero-order valence-electron chi connectivity index (χ0n) is 14.1. The highest BCUT2D eigenvalue weighted by Crippen LogP contribution is 2.28. The highest BCUT2D eigenvalue weighted by atomic mass is 16.5. The van der Waals surface area contributed by atoms with E-state index < -0.39 is 0 Å². The van der Waals surface area contributed by atoms with E-state index in [1.807, 2.05) is 38.1 Å². The Kier molecular flexibility index (Phi) is 4.54. The van der Waals surface area contributed by atoms with Gasteiger partial charge in [-0.15, -0.1) is 0 Å². The lowest BCUT2D eigenvalue weighted by Gasteiger charge is -2.22. The van der Waals surface area contributed by atoms with Gasteiger partial charge in [-0.25, -0.2) is 9.97 Å². The summed E-state index contributed by atoms with van der Waals surface area (Å²) in [4.78, 5) is 8.87. The van der Waals surface area contributed by atoms with Gasteiger partial charge in [0.2, 0.25) is 0 Å². The third-order valence-electron chi connectivity index (χ3n) is 2.96. The maximum absolute atomic E-state index is 5.39. The number of hydrogen-bond donors (Lipinski definition) is 2. The van der Waals surface area contributed by atoms with Gasteiger partial charge in [-0.1, -0.05) is 6.07 Å². The molecular weight excluding hydrogens is 276 g/mol. The lowest BCUT2D eigenvalue weighted by atomic mass is 10.1. The third kappa shape index (κ3) is 4.35. The van der Waals surface area contributed by atoms with Crippen molar-refractivity contribution in [2.75, 3.05) is 17.7 Å². The van der Waals surface area contributed by atoms with Gasteiger partial charge >= 0.3 is 0 Å². The van der Waals surface area contributed by atoms with E-state index in [4.69, 9.17) is 4.74 Å². The lowest BCUT2D eigenvalue weighted by molar-refractivity contribution is 0.416. The van der Waals surface area contributed by atoms with Crippen LogP contribution >= 0.6 is 0 Å². The molecule has 5 nitrogen and oxygen atoms in total. The van der Waals surface area contributed by atoms with Crippen LogP contribution in [0.25, 0.3) is 0 Å². The van der Waals surface area contributed by atoms with E-state index >= 15 is 0 Å². The molecule has 0 radical (unpaired) electrons. The van der Waals surface area contributed by atoms with Crippen LogP contribution in [0.5, 0.6) is 5.75 Å². The summed E-state index contributed by atoms with van der Waals surface area (Å²) in [5.41, 5.74) is 1.99. The smallest absolute Gasteiger partial charge is 0.142 e. The second-order valence-corrected chi connectivity index (χ2v) is 6.39. The molecule has 0 unspecified atom stereocenters. The van der Waals surface area contributed by atoms with Gasteiger partial charge in [0.15, 0.2) is 0 Å². The van der Waals surface area contributed by atoms with Crippen LogP contribution in [-0.4, -0.2) is 22.6 Å². The summed E-state index contributed by atoms with van der Waals surface area (Å²) in [6.45, 7) is 10.2. The molecule has 2 N–H and O–H groups in total. The van der Waals surface area contributed by atoms with Crippen LogP contribution in [0.2, 0.25) is 0 Å². The molecule has 0 spiro atoms. The minimum Gasteiger partial charge on any atom is -0.495 e. The number of anilines is 3. The first kappa shape index (κ1) is 16.1. The molecule has 0 saturated carbocycles. The fraction of sp³-hybridized carbons (Fsp3) is 0.412. The summed E-state index contributed by atoms with van der Waals surface area (Å²) in [6, 6.07) is 7.90. The molecule has 0 amide bonds. The molecule has 2 aromatic rings. The first-order chi connectivity index (χ1) is 10.3. The SMILES string of the molecule is COc1ccc(C)cc1Nc1cc(NC(C)(C)C)nc(C)n1. The predicted molar refractivity (Wildman–Crippen MR) is 91.2 cm³/mol. The Morgan fingerprint density at radius 1 is 1.00 bits per heavy atom. The van der Waals surface area contributed by atoms with Crippen molar-refractivity contribution in [1.29, 1.82) is 0 Å². The molecule has 22 heavy (non-hydrogen) atoms. The van der Waals surface area contributed by atoms with Crippen LogP contribution in [-0.2, 0) is 0 Å². The molecule has 0 fully saturated rings. The van der Waals surface area contributed by atoms with Crippen LogP contribution in [0.1, 0.15) is 32.2 Å². The number of aryl methyl sites for hydroxylation is 2. The van der Waals surface area contributed by atoms with Gasteiger partial charge in [0.1, 0.15) is 23.2 Å². The zero-order valence-corrected chi connectivity index (χ0v) is 14.1. The molecule has 0 aliphatic rings. The van der Waals surface area contributed by atoms with Crippen molar-refractivity contribution < 1.29 is 4.74 Å². The van der Waals surface area contributed by atoms with Gasteiger partial charge in [-0.2, -0.15) is 0 Å². The molecule has 0 aliphatic heterocycles. The van der Waals surface area contributed by atoms with Crippen LogP contribution in [0.3, 0.4) is 0 Å². The first-order valence-electron chi connectivity index (χ1n) is 7.32. The van der Waals surface area contributed by atoms with Crippen molar-refractivity contribution >= 4 is 17.3 Å². The number of nitrogens with zero attached hydrogens (tertiary/aromatic N) is 2. The molecule has 5 heteroatoms. The normalized spacial score (nSPS) is 11.2. The van der Waals surface area contributed by atoms with Gasteiger partial charge in [0.25, 0.3) is 0 Å². The van der Waals surface area contributed by atoms with Gasteiger partial charge in [0, 0.05) is 11.6 Å². The molecule has 1 aromatic carbocycles. The average Bonchev–Trinajstić information content (AvgIpc) is 2.36. The van der Waals surface area contributed by atoms with Crippen LogP contribution in [0.4, 0.5) is 17.3 Å².